The molecule has 0 saturated heterocycles. The fraction of sp³-hybridized carbons (Fsp3) is 0.234. The summed E-state index contributed by atoms with van der Waals surface area (Å²) in [5.74, 6) is 0. The first-order valence-corrected chi connectivity index (χ1v) is 17.9. The van der Waals surface area contributed by atoms with Crippen LogP contribution in [0.25, 0.3) is 22.3 Å². The van der Waals surface area contributed by atoms with Crippen molar-refractivity contribution in [2.24, 2.45) is 0 Å². The molecule has 2 atom stereocenters. The van der Waals surface area contributed by atoms with Crippen molar-refractivity contribution < 1.29 is 0 Å². The molecule has 2 nitrogen and oxygen atoms in total. The van der Waals surface area contributed by atoms with Gasteiger partial charge in [0.25, 0.3) is 0 Å². The predicted molar refractivity (Wildman–Crippen MR) is 206 cm³/mol. The molecule has 2 unspecified atom stereocenters. The van der Waals surface area contributed by atoms with E-state index in [9.17, 15) is 0 Å². The summed E-state index contributed by atoms with van der Waals surface area (Å²) in [5, 5.41) is 0. The normalized spacial score (nSPS) is 21.4. The second kappa shape index (κ2) is 11.0. The van der Waals surface area contributed by atoms with Gasteiger partial charge in [-0.15, -0.1) is 0 Å². The first-order valence-electron chi connectivity index (χ1n) is 17.9. The number of anilines is 3. The molecule has 0 radical (unpaired) electrons. The van der Waals surface area contributed by atoms with Crippen molar-refractivity contribution in [3.8, 4) is 22.3 Å². The van der Waals surface area contributed by atoms with Crippen LogP contribution < -0.4 is 9.80 Å². The molecule has 2 heteroatoms. The van der Waals surface area contributed by atoms with Gasteiger partial charge < -0.3 is 9.80 Å². The summed E-state index contributed by atoms with van der Waals surface area (Å²) in [6.07, 6.45) is 4.94. The molecule has 1 fully saturated rings. The van der Waals surface area contributed by atoms with E-state index in [0.29, 0.717) is 0 Å². The van der Waals surface area contributed by atoms with Gasteiger partial charge >= 0.3 is 0 Å². The number of fused-ring (bicyclic) bond motifs is 6. The molecule has 9 rings (SSSR count). The molecule has 0 spiro atoms. The van der Waals surface area contributed by atoms with Gasteiger partial charge in [0.1, 0.15) is 0 Å². The molecular formula is C47H44N2. The van der Waals surface area contributed by atoms with Crippen molar-refractivity contribution in [1.82, 2.24) is 0 Å². The Balaban J connectivity index is 1.24. The van der Waals surface area contributed by atoms with E-state index >= 15 is 0 Å². The van der Waals surface area contributed by atoms with Crippen molar-refractivity contribution >= 4 is 17.1 Å². The molecule has 1 heterocycles. The van der Waals surface area contributed by atoms with E-state index < -0.39 is 5.41 Å². The zero-order chi connectivity index (χ0) is 33.4. The van der Waals surface area contributed by atoms with Crippen LogP contribution in [-0.4, -0.2) is 19.6 Å². The average Bonchev–Trinajstić information content (AvgIpc) is 3.55. The number of rotatable bonds is 5. The Morgan fingerprint density at radius 2 is 1.10 bits per heavy atom. The summed E-state index contributed by atoms with van der Waals surface area (Å²) in [6.45, 7) is 5.06. The maximum absolute atomic E-state index is 2.68. The Kier molecular flexibility index (Phi) is 6.72. The van der Waals surface area contributed by atoms with Crippen molar-refractivity contribution in [2.45, 2.75) is 55.9 Å². The minimum absolute atomic E-state index is 0.0151. The Morgan fingerprint density at radius 1 is 0.531 bits per heavy atom. The van der Waals surface area contributed by atoms with Crippen LogP contribution in [0.4, 0.5) is 17.1 Å². The summed E-state index contributed by atoms with van der Waals surface area (Å²) < 4.78 is 0. The van der Waals surface area contributed by atoms with Gasteiger partial charge in [-0.3, -0.25) is 0 Å². The van der Waals surface area contributed by atoms with Gasteiger partial charge in [0, 0.05) is 36.6 Å². The van der Waals surface area contributed by atoms with Crippen LogP contribution in [0.5, 0.6) is 0 Å². The van der Waals surface area contributed by atoms with Crippen molar-refractivity contribution in [2.75, 3.05) is 23.9 Å². The fourth-order valence-electron chi connectivity index (χ4n) is 9.84. The van der Waals surface area contributed by atoms with Gasteiger partial charge in [-0.25, -0.2) is 0 Å². The van der Waals surface area contributed by atoms with E-state index in [0.717, 1.165) is 0 Å². The summed E-state index contributed by atoms with van der Waals surface area (Å²) in [4.78, 5) is 4.86. The van der Waals surface area contributed by atoms with E-state index in [-0.39, 0.29) is 11.0 Å². The molecular weight excluding hydrogens is 593 g/mol. The lowest BCUT2D eigenvalue weighted by molar-refractivity contribution is 0.195. The lowest BCUT2D eigenvalue weighted by atomic mass is 9.61. The monoisotopic (exact) mass is 636 g/mol. The van der Waals surface area contributed by atoms with E-state index in [1.807, 2.05) is 0 Å². The lowest BCUT2D eigenvalue weighted by Gasteiger charge is -2.50. The molecule has 0 bridgehead atoms. The number of benzene rings is 6. The fourth-order valence-corrected chi connectivity index (χ4v) is 9.84. The van der Waals surface area contributed by atoms with Crippen molar-refractivity contribution in [1.29, 1.82) is 0 Å². The van der Waals surface area contributed by atoms with Gasteiger partial charge in [-0.05, 0) is 112 Å². The molecule has 1 saturated carbocycles. The molecule has 1 aliphatic heterocycles. The minimum Gasteiger partial charge on any atom is -0.378 e. The van der Waals surface area contributed by atoms with Crippen molar-refractivity contribution in [3.05, 3.63) is 173 Å². The quantitative estimate of drug-likeness (QED) is 0.185. The van der Waals surface area contributed by atoms with Crippen molar-refractivity contribution in [3.63, 3.8) is 0 Å². The summed E-state index contributed by atoms with van der Waals surface area (Å²) in [6, 6.07) is 55.1. The molecule has 3 aliphatic rings. The smallest absolute Gasteiger partial charge is 0.0713 e. The highest BCUT2D eigenvalue weighted by molar-refractivity contribution is 5.89. The van der Waals surface area contributed by atoms with Crippen LogP contribution in [-0.2, 0) is 10.8 Å². The molecule has 6 aromatic carbocycles. The standard InChI is InChI=1S/C47H44N2/c1-45-29-13-14-30-46(45,2)49(38-25-23-37(24-26-38)48(3)4)44-28-22-34(32-43(44)45)33-21-27-40-39-19-11-12-20-41(39)47(42(40)31-33,35-15-7-5-8-16-35)36-17-9-6-10-18-36/h5-12,15-28,31-32H,13-14,29-30H2,1-4H3. The Labute approximate surface area is 291 Å². The Bertz CT molecular complexity index is 2140. The third-order valence-electron chi connectivity index (χ3n) is 12.5. The zero-order valence-electron chi connectivity index (χ0n) is 29.1. The van der Waals surface area contributed by atoms with E-state index in [4.69, 9.17) is 0 Å². The highest BCUT2D eigenvalue weighted by Crippen LogP contribution is 2.62. The Morgan fingerprint density at radius 3 is 1.78 bits per heavy atom. The Hall–Kier alpha value is -5.08. The molecule has 6 aromatic rings. The highest BCUT2D eigenvalue weighted by Gasteiger charge is 2.57. The topological polar surface area (TPSA) is 6.48 Å². The van der Waals surface area contributed by atoms with E-state index in [2.05, 4.69) is 183 Å². The third kappa shape index (κ3) is 4.13. The maximum atomic E-state index is 2.68. The SMILES string of the molecule is CN(C)c1ccc(N2c3ccc(-c4ccc5c(c4)C(c4ccccc4)(c4ccccc4)c4ccccc4-5)cc3C3(C)CCCCC23C)cc1. The number of nitrogens with zero attached hydrogens (tertiary/aromatic N) is 2. The van der Waals surface area contributed by atoms with Crippen LogP contribution in [0.3, 0.4) is 0 Å². The van der Waals surface area contributed by atoms with Gasteiger partial charge in [0.2, 0.25) is 0 Å². The molecule has 0 amide bonds. The summed E-state index contributed by atoms with van der Waals surface area (Å²) in [7, 11) is 4.23. The van der Waals surface area contributed by atoms with Crippen LogP contribution in [0.2, 0.25) is 0 Å². The van der Waals surface area contributed by atoms with Gasteiger partial charge in [0.05, 0.1) is 11.0 Å². The van der Waals surface area contributed by atoms with E-state index in [1.54, 1.807) is 0 Å². The minimum atomic E-state index is -0.398. The zero-order valence-corrected chi connectivity index (χ0v) is 29.1. The molecule has 49 heavy (non-hydrogen) atoms. The first kappa shape index (κ1) is 30.0. The van der Waals surface area contributed by atoms with Crippen LogP contribution in [0.15, 0.2) is 146 Å². The number of hydrogen-bond acceptors (Lipinski definition) is 2. The van der Waals surface area contributed by atoms with Gasteiger partial charge in [-0.1, -0.05) is 123 Å². The second-order valence-corrected chi connectivity index (χ2v) is 15.1. The molecule has 0 aromatic heterocycles. The van der Waals surface area contributed by atoms with E-state index in [1.165, 1.54) is 92.8 Å². The largest absolute Gasteiger partial charge is 0.378 e. The lowest BCUT2D eigenvalue weighted by Crippen LogP contribution is -2.54. The highest BCUT2D eigenvalue weighted by atomic mass is 15.3. The van der Waals surface area contributed by atoms with Gasteiger partial charge in [0.15, 0.2) is 0 Å². The first-order chi connectivity index (χ1) is 23.9. The summed E-state index contributed by atoms with van der Waals surface area (Å²) in [5.41, 5.74) is 15.6. The third-order valence-corrected chi connectivity index (χ3v) is 12.5. The maximum Gasteiger partial charge on any atom is 0.0713 e. The molecule has 0 N–H and O–H groups in total. The van der Waals surface area contributed by atoms with Crippen LogP contribution in [0.1, 0.15) is 67.3 Å². The van der Waals surface area contributed by atoms with Crippen LogP contribution >= 0.6 is 0 Å². The molecule has 2 aliphatic carbocycles. The van der Waals surface area contributed by atoms with Crippen LogP contribution in [0, 0.1) is 0 Å². The molecule has 242 valence electrons. The number of hydrogen-bond donors (Lipinski definition) is 0. The second-order valence-electron chi connectivity index (χ2n) is 15.1. The average molecular weight is 637 g/mol. The van der Waals surface area contributed by atoms with Gasteiger partial charge in [-0.2, -0.15) is 0 Å². The predicted octanol–water partition coefficient (Wildman–Crippen LogP) is 11.5. The summed E-state index contributed by atoms with van der Waals surface area (Å²) >= 11 is 0.